The summed E-state index contributed by atoms with van der Waals surface area (Å²) in [6.07, 6.45) is 1.99. The molecule has 1 saturated heterocycles. The molecule has 1 amide bonds. The Hall–Kier alpha value is -1.46. The fourth-order valence-corrected chi connectivity index (χ4v) is 2.63. The Balaban J connectivity index is 0.00000242. The van der Waals surface area contributed by atoms with Crippen LogP contribution >= 0.6 is 12.4 Å². The molecule has 0 aliphatic carbocycles. The highest BCUT2D eigenvalue weighted by Gasteiger charge is 2.23. The summed E-state index contributed by atoms with van der Waals surface area (Å²) in [4.78, 5) is 14.4. The van der Waals surface area contributed by atoms with E-state index in [1.165, 1.54) is 0 Å². The van der Waals surface area contributed by atoms with Crippen LogP contribution in [0.1, 0.15) is 30.1 Å². The van der Waals surface area contributed by atoms with E-state index in [0.29, 0.717) is 29.7 Å². The maximum absolute atomic E-state index is 12.5. The molecule has 1 aliphatic heterocycles. The smallest absolute Gasteiger partial charge is 0.253 e. The average molecular weight is 329 g/mol. The molecule has 1 fully saturated rings. The molecule has 1 aromatic rings. The van der Waals surface area contributed by atoms with Crippen LogP contribution < -0.4 is 14.8 Å². The zero-order valence-electron chi connectivity index (χ0n) is 13.4. The van der Waals surface area contributed by atoms with Gasteiger partial charge in [0.25, 0.3) is 5.91 Å². The molecule has 1 heterocycles. The maximum atomic E-state index is 12.5. The van der Waals surface area contributed by atoms with Gasteiger partial charge in [0.15, 0.2) is 11.5 Å². The predicted molar refractivity (Wildman–Crippen MR) is 89.4 cm³/mol. The molecule has 0 bridgehead atoms. The Morgan fingerprint density at radius 2 is 2.00 bits per heavy atom. The van der Waals surface area contributed by atoms with Gasteiger partial charge in [-0.3, -0.25) is 4.79 Å². The van der Waals surface area contributed by atoms with Crippen LogP contribution in [0.2, 0.25) is 0 Å². The Bertz CT molecular complexity index is 488. The van der Waals surface area contributed by atoms with Crippen LogP contribution in [-0.2, 0) is 0 Å². The standard InChI is InChI=1S/C16H24N2O3.ClH/c1-4-21-14-6-5-12(11-15(14)20-3)16(19)18-9-7-13(17-2)8-10-18;/h5-6,11,13,17H,4,7-10H2,1-3H3;1H. The van der Waals surface area contributed by atoms with E-state index >= 15 is 0 Å². The van der Waals surface area contributed by atoms with Crippen molar-refractivity contribution < 1.29 is 14.3 Å². The molecule has 0 atom stereocenters. The number of benzene rings is 1. The highest BCUT2D eigenvalue weighted by molar-refractivity contribution is 5.95. The van der Waals surface area contributed by atoms with Crippen molar-refractivity contribution >= 4 is 18.3 Å². The fourth-order valence-electron chi connectivity index (χ4n) is 2.63. The van der Waals surface area contributed by atoms with E-state index in [4.69, 9.17) is 9.47 Å². The van der Waals surface area contributed by atoms with Crippen molar-refractivity contribution in [3.05, 3.63) is 23.8 Å². The van der Waals surface area contributed by atoms with E-state index in [9.17, 15) is 4.79 Å². The van der Waals surface area contributed by atoms with Gasteiger partial charge in [-0.25, -0.2) is 0 Å². The Kier molecular flexibility index (Phi) is 7.48. The number of piperidine rings is 1. The summed E-state index contributed by atoms with van der Waals surface area (Å²) in [7, 11) is 3.56. The number of hydrogen-bond acceptors (Lipinski definition) is 4. The first-order valence-corrected chi connectivity index (χ1v) is 7.47. The summed E-state index contributed by atoms with van der Waals surface area (Å²) in [6, 6.07) is 5.89. The van der Waals surface area contributed by atoms with Crippen molar-refractivity contribution in [3.8, 4) is 11.5 Å². The van der Waals surface area contributed by atoms with Crippen LogP contribution in [-0.4, -0.2) is 50.7 Å². The summed E-state index contributed by atoms with van der Waals surface area (Å²) in [5.74, 6) is 1.34. The molecule has 124 valence electrons. The number of amides is 1. The largest absolute Gasteiger partial charge is 0.493 e. The number of likely N-dealkylation sites (tertiary alicyclic amines) is 1. The maximum Gasteiger partial charge on any atom is 0.253 e. The number of hydrogen-bond donors (Lipinski definition) is 1. The number of carbonyl (C=O) groups is 1. The highest BCUT2D eigenvalue weighted by Crippen LogP contribution is 2.28. The summed E-state index contributed by atoms with van der Waals surface area (Å²) in [6.45, 7) is 4.07. The molecule has 0 unspecified atom stereocenters. The molecule has 22 heavy (non-hydrogen) atoms. The van der Waals surface area contributed by atoms with Crippen molar-refractivity contribution in [2.75, 3.05) is 33.9 Å². The lowest BCUT2D eigenvalue weighted by atomic mass is 10.0. The minimum absolute atomic E-state index is 0. The molecule has 0 aromatic heterocycles. The van der Waals surface area contributed by atoms with Crippen LogP contribution in [0.5, 0.6) is 11.5 Å². The Labute approximate surface area is 138 Å². The summed E-state index contributed by atoms with van der Waals surface area (Å²) in [5.41, 5.74) is 0.651. The van der Waals surface area contributed by atoms with Crippen molar-refractivity contribution in [3.63, 3.8) is 0 Å². The van der Waals surface area contributed by atoms with E-state index in [-0.39, 0.29) is 18.3 Å². The second-order valence-corrected chi connectivity index (χ2v) is 5.15. The van der Waals surface area contributed by atoms with E-state index in [0.717, 1.165) is 25.9 Å². The lowest BCUT2D eigenvalue weighted by Crippen LogP contribution is -2.43. The second-order valence-electron chi connectivity index (χ2n) is 5.15. The minimum atomic E-state index is 0. The van der Waals surface area contributed by atoms with Gasteiger partial charge in [0.1, 0.15) is 0 Å². The van der Waals surface area contributed by atoms with Gasteiger partial charge in [-0.15, -0.1) is 12.4 Å². The highest BCUT2D eigenvalue weighted by atomic mass is 35.5. The van der Waals surface area contributed by atoms with E-state index in [2.05, 4.69) is 5.32 Å². The van der Waals surface area contributed by atoms with Crippen LogP contribution in [0.4, 0.5) is 0 Å². The van der Waals surface area contributed by atoms with Gasteiger partial charge in [0.2, 0.25) is 0 Å². The van der Waals surface area contributed by atoms with Gasteiger partial charge in [0.05, 0.1) is 13.7 Å². The molecular formula is C16H25ClN2O3. The van der Waals surface area contributed by atoms with Gasteiger partial charge in [0, 0.05) is 24.7 Å². The average Bonchev–Trinajstić information content (AvgIpc) is 2.55. The second kappa shape index (κ2) is 8.86. The first-order valence-electron chi connectivity index (χ1n) is 7.47. The van der Waals surface area contributed by atoms with E-state index in [1.54, 1.807) is 25.3 Å². The quantitative estimate of drug-likeness (QED) is 0.901. The fraction of sp³-hybridized carbons (Fsp3) is 0.562. The molecule has 1 aliphatic rings. The van der Waals surface area contributed by atoms with Crippen molar-refractivity contribution in [1.29, 1.82) is 0 Å². The molecule has 2 rings (SSSR count). The molecule has 0 saturated carbocycles. The van der Waals surface area contributed by atoms with Crippen LogP contribution in [0.15, 0.2) is 18.2 Å². The number of carbonyl (C=O) groups excluding carboxylic acids is 1. The number of rotatable bonds is 5. The van der Waals surface area contributed by atoms with Crippen LogP contribution in [0.25, 0.3) is 0 Å². The molecule has 1 aromatic carbocycles. The molecule has 5 nitrogen and oxygen atoms in total. The number of ether oxygens (including phenoxy) is 2. The SMILES string of the molecule is CCOc1ccc(C(=O)N2CCC(NC)CC2)cc1OC.Cl. The zero-order chi connectivity index (χ0) is 15.2. The topological polar surface area (TPSA) is 50.8 Å². The van der Waals surface area contributed by atoms with Gasteiger partial charge in [-0.1, -0.05) is 0 Å². The van der Waals surface area contributed by atoms with Crippen molar-refractivity contribution in [2.24, 2.45) is 0 Å². The van der Waals surface area contributed by atoms with E-state index in [1.807, 2.05) is 18.9 Å². The summed E-state index contributed by atoms with van der Waals surface area (Å²) < 4.78 is 10.8. The van der Waals surface area contributed by atoms with Gasteiger partial charge in [-0.05, 0) is 45.0 Å². The molecular weight excluding hydrogens is 304 g/mol. The molecule has 6 heteroatoms. The Morgan fingerprint density at radius 3 is 2.55 bits per heavy atom. The van der Waals surface area contributed by atoms with Crippen LogP contribution in [0, 0.1) is 0 Å². The first kappa shape index (κ1) is 18.6. The minimum Gasteiger partial charge on any atom is -0.493 e. The third kappa shape index (κ3) is 4.27. The third-order valence-electron chi connectivity index (χ3n) is 3.90. The lowest BCUT2D eigenvalue weighted by molar-refractivity contribution is 0.0707. The van der Waals surface area contributed by atoms with Gasteiger partial charge in [-0.2, -0.15) is 0 Å². The van der Waals surface area contributed by atoms with Crippen molar-refractivity contribution in [1.82, 2.24) is 10.2 Å². The number of halogens is 1. The summed E-state index contributed by atoms with van der Waals surface area (Å²) >= 11 is 0. The van der Waals surface area contributed by atoms with Gasteiger partial charge >= 0.3 is 0 Å². The number of nitrogens with zero attached hydrogens (tertiary/aromatic N) is 1. The first-order chi connectivity index (χ1) is 10.2. The normalized spacial score (nSPS) is 15.1. The third-order valence-corrected chi connectivity index (χ3v) is 3.90. The molecule has 1 N–H and O–H groups in total. The monoisotopic (exact) mass is 328 g/mol. The molecule has 0 spiro atoms. The lowest BCUT2D eigenvalue weighted by Gasteiger charge is -2.32. The van der Waals surface area contributed by atoms with Crippen LogP contribution in [0.3, 0.4) is 0 Å². The number of methoxy groups -OCH3 is 1. The number of nitrogens with one attached hydrogen (secondary N) is 1. The van der Waals surface area contributed by atoms with Gasteiger partial charge < -0.3 is 19.7 Å². The predicted octanol–water partition coefficient (Wildman–Crippen LogP) is 2.34. The van der Waals surface area contributed by atoms with E-state index < -0.39 is 0 Å². The van der Waals surface area contributed by atoms with Crippen molar-refractivity contribution in [2.45, 2.75) is 25.8 Å². The summed E-state index contributed by atoms with van der Waals surface area (Å²) in [5, 5.41) is 3.27. The molecule has 0 radical (unpaired) electrons. The Morgan fingerprint density at radius 1 is 1.32 bits per heavy atom. The zero-order valence-corrected chi connectivity index (χ0v) is 14.2.